The molecule has 1 aliphatic heterocycles. The van der Waals surface area contributed by atoms with Gasteiger partial charge in [-0.25, -0.2) is 9.67 Å². The molecule has 0 aromatic carbocycles. The van der Waals surface area contributed by atoms with E-state index in [0.29, 0.717) is 12.1 Å². The van der Waals surface area contributed by atoms with Gasteiger partial charge in [0.2, 0.25) is 0 Å². The predicted molar refractivity (Wildman–Crippen MR) is 79.9 cm³/mol. The minimum atomic E-state index is 0.695. The first-order chi connectivity index (χ1) is 9.54. The van der Waals surface area contributed by atoms with Crippen molar-refractivity contribution in [2.24, 2.45) is 0 Å². The van der Waals surface area contributed by atoms with Gasteiger partial charge >= 0.3 is 0 Å². The van der Waals surface area contributed by atoms with Gasteiger partial charge in [0.05, 0.1) is 5.69 Å². The number of pyridine rings is 1. The molecule has 3 rings (SSSR count). The molecule has 0 saturated carbocycles. The molecule has 2 aromatic rings. The molecule has 2 atom stereocenters. The van der Waals surface area contributed by atoms with Crippen molar-refractivity contribution in [1.29, 1.82) is 0 Å². The van der Waals surface area contributed by atoms with Crippen LogP contribution in [0.4, 0.5) is 0 Å². The summed E-state index contributed by atoms with van der Waals surface area (Å²) in [6, 6.07) is 5.60. The minimum Gasteiger partial charge on any atom is -0.294 e. The smallest absolute Gasteiger partial charge is 0.153 e. The Morgan fingerprint density at radius 1 is 1.20 bits per heavy atom. The number of nitrogens with zero attached hydrogens (tertiary/aromatic N) is 4. The van der Waals surface area contributed by atoms with Gasteiger partial charge in [-0.15, -0.1) is 0 Å². The van der Waals surface area contributed by atoms with E-state index in [9.17, 15) is 0 Å². The van der Waals surface area contributed by atoms with Crippen LogP contribution < -0.4 is 0 Å². The summed E-state index contributed by atoms with van der Waals surface area (Å²) in [5, 5.41) is 4.47. The molecule has 4 nitrogen and oxygen atoms in total. The molecular weight excluding hydrogens is 248 g/mol. The molecule has 0 N–H and O–H groups in total. The summed E-state index contributed by atoms with van der Waals surface area (Å²) in [7, 11) is 0. The highest BCUT2D eigenvalue weighted by molar-refractivity contribution is 5.27. The Kier molecular flexibility index (Phi) is 3.34. The molecule has 0 amide bonds. The van der Waals surface area contributed by atoms with Gasteiger partial charge in [0.25, 0.3) is 0 Å². The lowest BCUT2D eigenvalue weighted by Gasteiger charge is -2.45. The summed E-state index contributed by atoms with van der Waals surface area (Å²) < 4.78 is 1.85. The molecule has 1 aliphatic rings. The highest BCUT2D eigenvalue weighted by atomic mass is 15.3. The van der Waals surface area contributed by atoms with Crippen LogP contribution in [0, 0.1) is 13.8 Å². The molecule has 4 heteroatoms. The summed E-state index contributed by atoms with van der Waals surface area (Å²) in [5.74, 6) is 0.884. The summed E-state index contributed by atoms with van der Waals surface area (Å²) in [6.07, 6.45) is 5.30. The van der Waals surface area contributed by atoms with Crippen LogP contribution in [0.3, 0.4) is 0 Å². The number of hydrogen-bond acceptors (Lipinski definition) is 3. The second kappa shape index (κ2) is 5.02. The van der Waals surface area contributed by atoms with Gasteiger partial charge in [0.1, 0.15) is 0 Å². The minimum absolute atomic E-state index is 0.695. The lowest BCUT2D eigenvalue weighted by atomic mass is 9.95. The number of likely N-dealkylation sites (tertiary alicyclic amines) is 1. The van der Waals surface area contributed by atoms with Crippen molar-refractivity contribution in [2.45, 2.75) is 52.7 Å². The van der Waals surface area contributed by atoms with Crippen molar-refractivity contribution >= 4 is 0 Å². The van der Waals surface area contributed by atoms with Crippen LogP contribution in [0.15, 0.2) is 24.5 Å². The van der Waals surface area contributed by atoms with Gasteiger partial charge in [-0.3, -0.25) is 4.90 Å². The Morgan fingerprint density at radius 3 is 2.45 bits per heavy atom. The topological polar surface area (TPSA) is 34.0 Å². The molecular formula is C16H22N4. The van der Waals surface area contributed by atoms with E-state index in [2.05, 4.69) is 47.9 Å². The maximum absolute atomic E-state index is 4.54. The van der Waals surface area contributed by atoms with Crippen LogP contribution in [0.2, 0.25) is 0 Å². The van der Waals surface area contributed by atoms with Crippen molar-refractivity contribution in [2.75, 3.05) is 0 Å². The monoisotopic (exact) mass is 270 g/mol. The standard InChI is InChI=1S/C16H22N4/c1-11-9-20(18-14(11)4)16-6-5-15(8-17-16)10-19-12(2)7-13(19)3/h5-6,8-9,12-13H,7,10H2,1-4H3. The Bertz CT molecular complexity index is 572. The molecule has 20 heavy (non-hydrogen) atoms. The third kappa shape index (κ3) is 2.36. The van der Waals surface area contributed by atoms with Crippen molar-refractivity contribution < 1.29 is 0 Å². The lowest BCUT2D eigenvalue weighted by molar-refractivity contribution is 0.0295. The predicted octanol–water partition coefficient (Wildman–Crippen LogP) is 2.87. The second-order valence-electron chi connectivity index (χ2n) is 5.97. The average Bonchev–Trinajstić information content (AvgIpc) is 2.77. The SMILES string of the molecule is Cc1cn(-c2ccc(CN3C(C)CC3C)cn2)nc1C. The third-order valence-electron chi connectivity index (χ3n) is 4.37. The first-order valence-electron chi connectivity index (χ1n) is 7.28. The van der Waals surface area contributed by atoms with Crippen LogP contribution in [0.25, 0.3) is 5.82 Å². The van der Waals surface area contributed by atoms with E-state index < -0.39 is 0 Å². The number of hydrogen-bond donors (Lipinski definition) is 0. The van der Waals surface area contributed by atoms with E-state index in [1.54, 1.807) is 0 Å². The van der Waals surface area contributed by atoms with E-state index in [1.165, 1.54) is 17.5 Å². The van der Waals surface area contributed by atoms with Gasteiger partial charge in [0, 0.05) is 31.0 Å². The largest absolute Gasteiger partial charge is 0.294 e. The average molecular weight is 270 g/mol. The molecule has 0 bridgehead atoms. The van der Waals surface area contributed by atoms with Crippen LogP contribution in [0.1, 0.15) is 37.1 Å². The van der Waals surface area contributed by atoms with Crippen molar-refractivity contribution in [3.05, 3.63) is 41.3 Å². The fourth-order valence-electron chi connectivity index (χ4n) is 2.89. The molecule has 3 heterocycles. The zero-order chi connectivity index (χ0) is 14.3. The quantitative estimate of drug-likeness (QED) is 0.860. The zero-order valence-electron chi connectivity index (χ0n) is 12.7. The summed E-state index contributed by atoms with van der Waals surface area (Å²) >= 11 is 0. The number of aromatic nitrogens is 3. The summed E-state index contributed by atoms with van der Waals surface area (Å²) in [5.41, 5.74) is 3.52. The Hall–Kier alpha value is -1.68. The highest BCUT2D eigenvalue weighted by Gasteiger charge is 2.31. The van der Waals surface area contributed by atoms with Gasteiger partial charge in [0.15, 0.2) is 5.82 Å². The zero-order valence-corrected chi connectivity index (χ0v) is 12.7. The fraction of sp³-hybridized carbons (Fsp3) is 0.500. The van der Waals surface area contributed by atoms with Crippen molar-refractivity contribution in [3.63, 3.8) is 0 Å². The number of rotatable bonds is 3. The fourth-order valence-corrected chi connectivity index (χ4v) is 2.89. The molecule has 0 radical (unpaired) electrons. The van der Waals surface area contributed by atoms with E-state index in [0.717, 1.165) is 18.1 Å². The van der Waals surface area contributed by atoms with Crippen LogP contribution >= 0.6 is 0 Å². The summed E-state index contributed by atoms with van der Waals surface area (Å²) in [6.45, 7) is 9.66. The van der Waals surface area contributed by atoms with Crippen molar-refractivity contribution in [1.82, 2.24) is 19.7 Å². The summed E-state index contributed by atoms with van der Waals surface area (Å²) in [4.78, 5) is 7.05. The lowest BCUT2D eigenvalue weighted by Crippen LogP contribution is -2.51. The first kappa shape index (κ1) is 13.3. The van der Waals surface area contributed by atoms with E-state index in [4.69, 9.17) is 0 Å². The van der Waals surface area contributed by atoms with Crippen LogP contribution in [0.5, 0.6) is 0 Å². The molecule has 2 unspecified atom stereocenters. The van der Waals surface area contributed by atoms with Crippen LogP contribution in [-0.4, -0.2) is 31.7 Å². The second-order valence-corrected chi connectivity index (χ2v) is 5.97. The van der Waals surface area contributed by atoms with E-state index >= 15 is 0 Å². The molecule has 1 fully saturated rings. The number of aryl methyl sites for hydroxylation is 2. The Labute approximate surface area is 120 Å². The Morgan fingerprint density at radius 2 is 1.95 bits per heavy atom. The van der Waals surface area contributed by atoms with Gasteiger partial charge in [-0.2, -0.15) is 5.10 Å². The van der Waals surface area contributed by atoms with E-state index in [1.807, 2.05) is 24.0 Å². The van der Waals surface area contributed by atoms with Crippen molar-refractivity contribution in [3.8, 4) is 5.82 Å². The molecule has 106 valence electrons. The molecule has 1 saturated heterocycles. The molecule has 0 spiro atoms. The first-order valence-corrected chi connectivity index (χ1v) is 7.28. The molecule has 2 aromatic heterocycles. The molecule has 0 aliphatic carbocycles. The highest BCUT2D eigenvalue weighted by Crippen LogP contribution is 2.26. The maximum atomic E-state index is 4.54. The van der Waals surface area contributed by atoms with Gasteiger partial charge < -0.3 is 0 Å². The normalized spacial score (nSPS) is 22.8. The van der Waals surface area contributed by atoms with Gasteiger partial charge in [-0.05, 0) is 51.3 Å². The third-order valence-corrected chi connectivity index (χ3v) is 4.37. The van der Waals surface area contributed by atoms with Crippen LogP contribution in [-0.2, 0) is 6.54 Å². The van der Waals surface area contributed by atoms with E-state index in [-0.39, 0.29) is 0 Å². The maximum Gasteiger partial charge on any atom is 0.153 e. The Balaban J connectivity index is 1.74. The van der Waals surface area contributed by atoms with Gasteiger partial charge in [-0.1, -0.05) is 6.07 Å².